The normalized spacial score (nSPS) is 18.8. The monoisotopic (exact) mass is 407 g/mol. The molecule has 0 atom stereocenters. The smallest absolute Gasteiger partial charge is 0.156 e. The van der Waals surface area contributed by atoms with Gasteiger partial charge in [-0.1, -0.05) is 12.1 Å². The average molecular weight is 408 g/mol. The average Bonchev–Trinajstić information content (AvgIpc) is 3.19. The predicted octanol–water partition coefficient (Wildman–Crippen LogP) is 2.06. The van der Waals surface area contributed by atoms with Gasteiger partial charge in [0.2, 0.25) is 0 Å². The molecule has 2 fully saturated rings. The van der Waals surface area contributed by atoms with Crippen LogP contribution < -0.4 is 10.2 Å². The molecule has 8 nitrogen and oxygen atoms in total. The fourth-order valence-electron chi connectivity index (χ4n) is 4.02. The van der Waals surface area contributed by atoms with Crippen LogP contribution in [0.15, 0.2) is 42.6 Å². The molecule has 2 aromatic heterocycles. The Morgan fingerprint density at radius 2 is 1.70 bits per heavy atom. The fourth-order valence-corrected chi connectivity index (χ4v) is 4.02. The van der Waals surface area contributed by atoms with Gasteiger partial charge >= 0.3 is 0 Å². The number of hydrogen-bond donors (Lipinski definition) is 1. The largest absolute Gasteiger partial charge is 0.378 e. The first-order valence-electron chi connectivity index (χ1n) is 10.7. The van der Waals surface area contributed by atoms with Gasteiger partial charge in [0.1, 0.15) is 5.82 Å². The maximum absolute atomic E-state index is 5.45. The minimum Gasteiger partial charge on any atom is -0.378 e. The number of anilines is 3. The Balaban J connectivity index is 1.28. The van der Waals surface area contributed by atoms with Crippen molar-refractivity contribution in [2.24, 2.45) is 0 Å². The van der Waals surface area contributed by atoms with Crippen LogP contribution in [0.4, 0.5) is 17.3 Å². The van der Waals surface area contributed by atoms with Crippen molar-refractivity contribution >= 4 is 23.0 Å². The second-order valence-electron chi connectivity index (χ2n) is 8.11. The van der Waals surface area contributed by atoms with E-state index < -0.39 is 0 Å². The molecule has 2 saturated heterocycles. The first kappa shape index (κ1) is 19.3. The summed E-state index contributed by atoms with van der Waals surface area (Å²) in [5.41, 5.74) is 3.22. The van der Waals surface area contributed by atoms with Crippen LogP contribution >= 0.6 is 0 Å². The van der Waals surface area contributed by atoms with E-state index in [0.717, 1.165) is 82.0 Å². The van der Waals surface area contributed by atoms with Crippen molar-refractivity contribution in [3.63, 3.8) is 0 Å². The lowest BCUT2D eigenvalue weighted by molar-refractivity contribution is 0.122. The summed E-state index contributed by atoms with van der Waals surface area (Å²) in [4.78, 5) is 11.6. The molecular formula is C22H29N7O. The zero-order valence-electron chi connectivity index (χ0n) is 17.5. The van der Waals surface area contributed by atoms with E-state index in [1.807, 2.05) is 22.8 Å². The van der Waals surface area contributed by atoms with E-state index in [1.54, 1.807) is 0 Å². The molecular weight excluding hydrogens is 378 g/mol. The highest BCUT2D eigenvalue weighted by Crippen LogP contribution is 2.21. The second-order valence-corrected chi connectivity index (χ2v) is 8.11. The molecule has 2 aliphatic rings. The van der Waals surface area contributed by atoms with Crippen molar-refractivity contribution in [3.05, 3.63) is 48.2 Å². The summed E-state index contributed by atoms with van der Waals surface area (Å²) in [6.07, 6.45) is 1.84. The lowest BCUT2D eigenvalue weighted by atomic mass is 10.2. The molecule has 2 aliphatic heterocycles. The van der Waals surface area contributed by atoms with Crippen molar-refractivity contribution in [1.29, 1.82) is 0 Å². The van der Waals surface area contributed by atoms with Gasteiger partial charge in [-0.15, -0.1) is 5.10 Å². The molecule has 1 N–H and O–H groups in total. The molecule has 0 bridgehead atoms. The minimum atomic E-state index is 0.745. The van der Waals surface area contributed by atoms with Crippen LogP contribution in [0, 0.1) is 0 Å². The molecule has 0 saturated carbocycles. The van der Waals surface area contributed by atoms with Gasteiger partial charge in [-0.25, -0.2) is 4.98 Å². The highest BCUT2D eigenvalue weighted by Gasteiger charge is 2.15. The van der Waals surface area contributed by atoms with E-state index in [2.05, 4.69) is 56.3 Å². The Hall–Kier alpha value is -2.68. The SMILES string of the molecule is CN1CCN(Cc2ccc(Nc3cnc4ccc(N5CCOCC5)nn34)cc2)CC1. The zero-order chi connectivity index (χ0) is 20.3. The first-order chi connectivity index (χ1) is 14.7. The molecule has 8 heteroatoms. The number of rotatable bonds is 5. The van der Waals surface area contributed by atoms with E-state index in [-0.39, 0.29) is 0 Å². The molecule has 158 valence electrons. The Kier molecular flexibility index (Phi) is 5.52. The summed E-state index contributed by atoms with van der Waals surface area (Å²) in [7, 11) is 2.19. The Morgan fingerprint density at radius 1 is 0.933 bits per heavy atom. The third kappa shape index (κ3) is 4.26. The summed E-state index contributed by atoms with van der Waals surface area (Å²) in [6.45, 7) is 8.79. The number of likely N-dealkylation sites (N-methyl/N-ethyl adjacent to an activating group) is 1. The van der Waals surface area contributed by atoms with Crippen LogP contribution in [0.1, 0.15) is 5.56 Å². The van der Waals surface area contributed by atoms with Crippen molar-refractivity contribution in [2.45, 2.75) is 6.54 Å². The predicted molar refractivity (Wildman–Crippen MR) is 119 cm³/mol. The fraction of sp³-hybridized carbons (Fsp3) is 0.455. The highest BCUT2D eigenvalue weighted by molar-refractivity contribution is 5.61. The Morgan fingerprint density at radius 3 is 2.47 bits per heavy atom. The maximum atomic E-state index is 5.45. The number of aromatic nitrogens is 3. The van der Waals surface area contributed by atoms with Crippen LogP contribution in [0.5, 0.6) is 0 Å². The quantitative estimate of drug-likeness (QED) is 0.695. The number of benzene rings is 1. The van der Waals surface area contributed by atoms with E-state index in [4.69, 9.17) is 9.84 Å². The number of nitrogens with one attached hydrogen (secondary N) is 1. The topological polar surface area (TPSA) is 61.2 Å². The van der Waals surface area contributed by atoms with E-state index in [9.17, 15) is 0 Å². The number of fused-ring (bicyclic) bond motifs is 1. The van der Waals surface area contributed by atoms with E-state index in [1.165, 1.54) is 5.56 Å². The van der Waals surface area contributed by atoms with Crippen molar-refractivity contribution in [3.8, 4) is 0 Å². The van der Waals surface area contributed by atoms with Crippen LogP contribution in [-0.4, -0.2) is 83.9 Å². The van der Waals surface area contributed by atoms with E-state index >= 15 is 0 Å². The van der Waals surface area contributed by atoms with Crippen molar-refractivity contribution < 1.29 is 4.74 Å². The number of piperazine rings is 1. The summed E-state index contributed by atoms with van der Waals surface area (Å²) in [6, 6.07) is 12.7. The van der Waals surface area contributed by atoms with Gasteiger partial charge in [0.05, 0.1) is 19.4 Å². The third-order valence-corrected chi connectivity index (χ3v) is 5.91. The van der Waals surface area contributed by atoms with Gasteiger partial charge in [0.15, 0.2) is 11.5 Å². The van der Waals surface area contributed by atoms with Crippen molar-refractivity contribution in [2.75, 3.05) is 69.7 Å². The Labute approximate surface area is 177 Å². The summed E-state index contributed by atoms with van der Waals surface area (Å²) < 4.78 is 7.33. The van der Waals surface area contributed by atoms with Gasteiger partial charge in [-0.05, 0) is 36.9 Å². The molecule has 3 aromatic rings. The second kappa shape index (κ2) is 8.59. The molecule has 0 radical (unpaired) electrons. The summed E-state index contributed by atoms with van der Waals surface area (Å²) in [5.74, 6) is 1.82. The van der Waals surface area contributed by atoms with Gasteiger partial charge in [0.25, 0.3) is 0 Å². The van der Waals surface area contributed by atoms with Crippen molar-refractivity contribution in [1.82, 2.24) is 24.4 Å². The molecule has 0 aliphatic carbocycles. The molecule has 0 spiro atoms. The number of imidazole rings is 1. The minimum absolute atomic E-state index is 0.745. The molecule has 5 rings (SSSR count). The standard InChI is InChI=1S/C22H29N7O/c1-26-8-10-27(11-9-26)17-18-2-4-19(5-3-18)24-22-16-23-20-6-7-21(25-29(20)22)28-12-14-30-15-13-28/h2-7,16,24H,8-15,17H2,1H3. The van der Waals surface area contributed by atoms with Crippen LogP contribution in [0.3, 0.4) is 0 Å². The third-order valence-electron chi connectivity index (χ3n) is 5.91. The lowest BCUT2D eigenvalue weighted by Gasteiger charge is -2.32. The lowest BCUT2D eigenvalue weighted by Crippen LogP contribution is -2.43. The van der Waals surface area contributed by atoms with Crippen LogP contribution in [-0.2, 0) is 11.3 Å². The molecule has 0 unspecified atom stereocenters. The van der Waals surface area contributed by atoms with E-state index in [0.29, 0.717) is 0 Å². The molecule has 1 aromatic carbocycles. The number of morpholine rings is 1. The zero-order valence-corrected chi connectivity index (χ0v) is 17.5. The highest BCUT2D eigenvalue weighted by atomic mass is 16.5. The van der Waals surface area contributed by atoms with Gasteiger partial charge in [-0.3, -0.25) is 4.90 Å². The maximum Gasteiger partial charge on any atom is 0.156 e. The van der Waals surface area contributed by atoms with Gasteiger partial charge in [0, 0.05) is 51.5 Å². The van der Waals surface area contributed by atoms with Gasteiger partial charge in [-0.2, -0.15) is 4.52 Å². The van der Waals surface area contributed by atoms with Crippen LogP contribution in [0.25, 0.3) is 5.65 Å². The van der Waals surface area contributed by atoms with Crippen LogP contribution in [0.2, 0.25) is 0 Å². The number of nitrogens with zero attached hydrogens (tertiary/aromatic N) is 6. The molecule has 0 amide bonds. The summed E-state index contributed by atoms with van der Waals surface area (Å²) in [5, 5.41) is 8.28. The first-order valence-corrected chi connectivity index (χ1v) is 10.7. The molecule has 30 heavy (non-hydrogen) atoms. The van der Waals surface area contributed by atoms with Gasteiger partial charge < -0.3 is 19.9 Å². The summed E-state index contributed by atoms with van der Waals surface area (Å²) >= 11 is 0. The number of hydrogen-bond acceptors (Lipinski definition) is 7. The molecule has 4 heterocycles. The number of ether oxygens (including phenoxy) is 1. The Bertz CT molecular complexity index is 973.